The van der Waals surface area contributed by atoms with Crippen LogP contribution in [0.25, 0.3) is 22.5 Å². The fourth-order valence-electron chi connectivity index (χ4n) is 7.37. The minimum absolute atomic E-state index is 0.0289. The third-order valence-electron chi connectivity index (χ3n) is 9.66. The van der Waals surface area contributed by atoms with E-state index in [1.165, 1.54) is 0 Å². The zero-order valence-electron chi connectivity index (χ0n) is 30.6. The van der Waals surface area contributed by atoms with Gasteiger partial charge in [0.2, 0.25) is 0 Å². The first-order chi connectivity index (χ1) is 25.4. The highest BCUT2D eigenvalue weighted by atomic mass is 79.9. The first-order valence-electron chi connectivity index (χ1n) is 17.7. The number of fused-ring (bicyclic) bond motifs is 2. The monoisotopic (exact) mass is 786 g/mol. The third kappa shape index (κ3) is 7.89. The van der Waals surface area contributed by atoms with Crippen LogP contribution in [0.1, 0.15) is 72.6 Å². The summed E-state index contributed by atoms with van der Waals surface area (Å²) in [6.07, 6.45) is 10.2. The molecule has 8 nitrogen and oxygen atoms in total. The van der Waals surface area contributed by atoms with E-state index in [4.69, 9.17) is 0 Å². The number of benzene rings is 2. The molecule has 0 fully saturated rings. The summed E-state index contributed by atoms with van der Waals surface area (Å²) in [4.78, 5) is 41.6. The highest BCUT2D eigenvalue weighted by Crippen LogP contribution is 2.45. The molecule has 0 spiro atoms. The topological polar surface area (TPSA) is 116 Å². The number of pyridine rings is 2. The van der Waals surface area contributed by atoms with E-state index in [9.17, 15) is 9.59 Å². The zero-order valence-corrected chi connectivity index (χ0v) is 33.0. The summed E-state index contributed by atoms with van der Waals surface area (Å²) < 4.78 is 0.890. The molecule has 0 bridgehead atoms. The predicted molar refractivity (Wildman–Crippen MR) is 220 cm³/mol. The molecule has 2 aliphatic rings. The Labute approximate surface area is 323 Å². The van der Waals surface area contributed by atoms with Gasteiger partial charge in [-0.25, -0.2) is 4.98 Å². The van der Waals surface area contributed by atoms with Gasteiger partial charge in [-0.15, -0.1) is 11.8 Å². The van der Waals surface area contributed by atoms with Crippen molar-refractivity contribution in [3.63, 3.8) is 0 Å². The molecule has 0 aliphatic heterocycles. The number of thioether (sulfide) groups is 1. The van der Waals surface area contributed by atoms with E-state index < -0.39 is 0 Å². The van der Waals surface area contributed by atoms with Crippen molar-refractivity contribution in [3.8, 4) is 22.5 Å². The van der Waals surface area contributed by atoms with E-state index in [0.29, 0.717) is 12.8 Å². The lowest BCUT2D eigenvalue weighted by atomic mass is 9.76. The van der Waals surface area contributed by atoms with Gasteiger partial charge >= 0.3 is 0 Å². The molecule has 0 amide bonds. The average Bonchev–Trinajstić information content (AvgIpc) is 3.66. The van der Waals surface area contributed by atoms with Crippen LogP contribution in [0.15, 0.2) is 107 Å². The quantitative estimate of drug-likeness (QED) is 0.119. The molecule has 0 saturated carbocycles. The molecular weight excluding hydrogens is 744 g/mol. The van der Waals surface area contributed by atoms with Crippen molar-refractivity contribution in [1.82, 2.24) is 19.9 Å². The number of rotatable bonds is 7. The van der Waals surface area contributed by atoms with Gasteiger partial charge in [0.05, 0.1) is 38.9 Å². The van der Waals surface area contributed by atoms with Crippen LogP contribution in [0.3, 0.4) is 0 Å². The van der Waals surface area contributed by atoms with Crippen molar-refractivity contribution in [2.24, 2.45) is 10.8 Å². The molecule has 10 heteroatoms. The fraction of sp³-hybridized carbons (Fsp3) is 0.256. The molecular formula is C43H43BrN6O2S. The van der Waals surface area contributed by atoms with Gasteiger partial charge in [0, 0.05) is 69.8 Å². The Hall–Kier alpha value is -4.93. The van der Waals surface area contributed by atoms with E-state index in [0.717, 1.165) is 90.1 Å². The van der Waals surface area contributed by atoms with E-state index in [1.807, 2.05) is 85.2 Å². The van der Waals surface area contributed by atoms with E-state index in [1.54, 1.807) is 24.2 Å². The number of hydrogen-bond donors (Lipinski definition) is 4. The number of ketones is 2. The Balaban J connectivity index is 0.000000164. The molecule has 53 heavy (non-hydrogen) atoms. The fourth-order valence-corrected chi connectivity index (χ4v) is 8.23. The van der Waals surface area contributed by atoms with Gasteiger partial charge in [-0.1, -0.05) is 64.1 Å². The summed E-state index contributed by atoms with van der Waals surface area (Å²) in [5.41, 5.74) is 11.1. The molecule has 0 atom stereocenters. The van der Waals surface area contributed by atoms with Gasteiger partial charge < -0.3 is 20.6 Å². The van der Waals surface area contributed by atoms with Gasteiger partial charge in [0.25, 0.3) is 0 Å². The maximum absolute atomic E-state index is 13.0. The van der Waals surface area contributed by atoms with Crippen LogP contribution in [-0.2, 0) is 12.8 Å². The summed E-state index contributed by atoms with van der Waals surface area (Å²) in [6.45, 7) is 8.58. The van der Waals surface area contributed by atoms with Crippen molar-refractivity contribution in [1.29, 1.82) is 0 Å². The normalized spacial score (nSPS) is 15.5. The highest BCUT2D eigenvalue weighted by molar-refractivity contribution is 9.10. The molecule has 4 N–H and O–H groups in total. The maximum Gasteiger partial charge on any atom is 0.167 e. The van der Waals surface area contributed by atoms with Gasteiger partial charge in [-0.2, -0.15) is 0 Å². The number of nitrogens with one attached hydrogen (secondary N) is 4. The largest absolute Gasteiger partial charge is 0.356 e. The van der Waals surface area contributed by atoms with Gasteiger partial charge in [0.1, 0.15) is 0 Å². The zero-order chi connectivity index (χ0) is 37.3. The smallest absolute Gasteiger partial charge is 0.167 e. The number of aromatic amines is 2. The van der Waals surface area contributed by atoms with Crippen molar-refractivity contribution < 1.29 is 9.59 Å². The summed E-state index contributed by atoms with van der Waals surface area (Å²) in [5, 5.41) is 7.92. The average molecular weight is 788 g/mol. The van der Waals surface area contributed by atoms with E-state index in [2.05, 4.69) is 80.3 Å². The molecule has 0 saturated heterocycles. The van der Waals surface area contributed by atoms with Gasteiger partial charge in [-0.05, 0) is 88.3 Å². The van der Waals surface area contributed by atoms with Crippen LogP contribution in [-0.4, -0.2) is 37.8 Å². The first-order valence-corrected chi connectivity index (χ1v) is 19.7. The molecule has 8 rings (SSSR count). The summed E-state index contributed by atoms with van der Waals surface area (Å²) >= 11 is 5.20. The summed E-state index contributed by atoms with van der Waals surface area (Å²) in [6, 6.07) is 25.9. The van der Waals surface area contributed by atoms with Crippen molar-refractivity contribution in [3.05, 3.63) is 124 Å². The van der Waals surface area contributed by atoms with Gasteiger partial charge in [0.15, 0.2) is 11.6 Å². The Morgan fingerprint density at radius 3 is 1.75 bits per heavy atom. The predicted octanol–water partition coefficient (Wildman–Crippen LogP) is 11.4. The van der Waals surface area contributed by atoms with Crippen molar-refractivity contribution in [2.75, 3.05) is 16.9 Å². The van der Waals surface area contributed by atoms with Crippen LogP contribution >= 0.6 is 27.7 Å². The second-order valence-electron chi connectivity index (χ2n) is 15.3. The SMILES string of the molecule is CC1(C)CC(=O)c2c([nH]c(-c3ccncc3Br)c2Nc2ccccc2)C1.CSc1cc(-c2[nH]c3c(c2Nc2ccccc2)C(=O)CC(C)(C)C3)ccn1. The molecule has 0 radical (unpaired) electrons. The van der Waals surface area contributed by atoms with Crippen molar-refractivity contribution >= 4 is 62.0 Å². The number of anilines is 4. The molecule has 0 unspecified atom stereocenters. The number of nitrogens with zero attached hydrogens (tertiary/aromatic N) is 2. The number of H-pyrrole nitrogens is 2. The minimum Gasteiger partial charge on any atom is -0.356 e. The van der Waals surface area contributed by atoms with E-state index >= 15 is 0 Å². The second-order valence-corrected chi connectivity index (χ2v) is 16.9. The Morgan fingerprint density at radius 2 is 1.23 bits per heavy atom. The minimum atomic E-state index is -0.0360. The number of para-hydroxylation sites is 2. The van der Waals surface area contributed by atoms with Crippen LogP contribution in [0.4, 0.5) is 22.7 Å². The number of Topliss-reactive ketones (excluding diaryl/α,β-unsaturated/α-hetero) is 2. The Bertz CT molecular complexity index is 2290. The number of carbonyl (C=O) groups is 2. The lowest BCUT2D eigenvalue weighted by Gasteiger charge is -2.28. The van der Waals surface area contributed by atoms with Gasteiger partial charge in [-0.3, -0.25) is 14.6 Å². The highest BCUT2D eigenvalue weighted by Gasteiger charge is 2.37. The second kappa shape index (κ2) is 14.8. The van der Waals surface area contributed by atoms with Crippen molar-refractivity contribution in [2.45, 2.75) is 58.4 Å². The van der Waals surface area contributed by atoms with Crippen LogP contribution in [0.2, 0.25) is 0 Å². The molecule has 2 aromatic carbocycles. The Morgan fingerprint density at radius 1 is 0.698 bits per heavy atom. The molecule has 4 heterocycles. The summed E-state index contributed by atoms with van der Waals surface area (Å²) in [7, 11) is 0. The molecule has 4 aromatic heterocycles. The summed E-state index contributed by atoms with van der Waals surface area (Å²) in [5.74, 6) is 0.378. The van der Waals surface area contributed by atoms with Crippen LogP contribution in [0, 0.1) is 10.8 Å². The van der Waals surface area contributed by atoms with E-state index in [-0.39, 0.29) is 22.4 Å². The number of carbonyl (C=O) groups excluding carboxylic acids is 2. The van der Waals surface area contributed by atoms with Crippen LogP contribution in [0.5, 0.6) is 0 Å². The number of halogens is 1. The Kier molecular flexibility index (Phi) is 10.2. The lowest BCUT2D eigenvalue weighted by molar-refractivity contribution is 0.0903. The molecule has 6 aromatic rings. The molecule has 270 valence electrons. The third-order valence-corrected chi connectivity index (χ3v) is 10.9. The number of hydrogen-bond acceptors (Lipinski definition) is 7. The first kappa shape index (κ1) is 36.4. The standard InChI is InChI=1S/C22H23N3OS.C21H20BrN3O/c1-22(2)12-16-19(17(26)13-22)21(24-15-7-5-4-6-8-15)20(25-16)14-9-10-23-18(11-14)27-3;1-21(2)10-16-18(17(26)11-21)20(24-13-6-4-3-5-7-13)19(25-16)14-8-9-23-12-15(14)22/h4-11,24-25H,12-13H2,1-3H3;3-9,12,24-25H,10-11H2,1-2H3. The maximum atomic E-state index is 13.0. The lowest BCUT2D eigenvalue weighted by Crippen LogP contribution is -2.26. The molecule has 2 aliphatic carbocycles. The van der Waals surface area contributed by atoms with Crippen LogP contribution < -0.4 is 10.6 Å². The number of aromatic nitrogens is 4.